The molecule has 0 saturated heterocycles. The average molecular weight is 286 g/mol. The molecule has 3 aromatic rings. The van der Waals surface area contributed by atoms with Crippen LogP contribution in [0.15, 0.2) is 54.0 Å². The maximum atomic E-state index is 11.5. The van der Waals surface area contributed by atoms with Crippen LogP contribution >= 0.6 is 11.3 Å². The van der Waals surface area contributed by atoms with Crippen LogP contribution < -0.4 is 4.74 Å². The van der Waals surface area contributed by atoms with E-state index in [0.29, 0.717) is 5.75 Å². The Balaban J connectivity index is 2.02. The quantitative estimate of drug-likeness (QED) is 0.798. The zero-order valence-corrected chi connectivity index (χ0v) is 11.1. The molecule has 6 heteroatoms. The van der Waals surface area contributed by atoms with Gasteiger partial charge in [-0.3, -0.25) is 0 Å². The summed E-state index contributed by atoms with van der Waals surface area (Å²) in [5.41, 5.74) is 0.0105. The molecule has 2 heterocycles. The molecule has 2 aromatic heterocycles. The van der Waals surface area contributed by atoms with Gasteiger partial charge in [0.05, 0.1) is 6.20 Å². The lowest BCUT2D eigenvalue weighted by molar-refractivity contribution is 0.0684. The summed E-state index contributed by atoms with van der Waals surface area (Å²) in [4.78, 5) is 11.5. The number of carbonyl (C=O) groups is 1. The number of benzene rings is 1. The highest BCUT2D eigenvalue weighted by atomic mass is 32.1. The maximum Gasteiger partial charge on any atom is 0.358 e. The Morgan fingerprint density at radius 3 is 2.65 bits per heavy atom. The van der Waals surface area contributed by atoms with Crippen LogP contribution in [0.25, 0.3) is 5.00 Å². The number of para-hydroxylation sites is 1. The van der Waals surface area contributed by atoms with Crippen molar-refractivity contribution in [2.24, 2.45) is 0 Å². The second kappa shape index (κ2) is 5.18. The topological polar surface area (TPSA) is 64.3 Å². The number of ether oxygens (including phenoxy) is 1. The summed E-state index contributed by atoms with van der Waals surface area (Å²) in [6.07, 6.45) is 1.41. The van der Waals surface area contributed by atoms with Crippen molar-refractivity contribution in [3.05, 3.63) is 59.7 Å². The highest BCUT2D eigenvalue weighted by Crippen LogP contribution is 2.28. The first kappa shape index (κ1) is 12.4. The molecule has 0 amide bonds. The molecule has 0 aliphatic heterocycles. The zero-order valence-electron chi connectivity index (χ0n) is 10.3. The summed E-state index contributed by atoms with van der Waals surface area (Å²) < 4.78 is 6.96. The lowest BCUT2D eigenvalue weighted by Gasteiger charge is -2.05. The van der Waals surface area contributed by atoms with Crippen molar-refractivity contribution < 1.29 is 14.6 Å². The first-order chi connectivity index (χ1) is 9.75. The molecule has 1 N–H and O–H groups in total. The van der Waals surface area contributed by atoms with Gasteiger partial charge in [-0.25, -0.2) is 9.48 Å². The van der Waals surface area contributed by atoms with E-state index in [2.05, 4.69) is 5.10 Å². The molecule has 5 nitrogen and oxygen atoms in total. The minimum absolute atomic E-state index is 0.0105. The van der Waals surface area contributed by atoms with Gasteiger partial charge in [0.1, 0.15) is 10.8 Å². The molecule has 0 fully saturated rings. The van der Waals surface area contributed by atoms with Crippen LogP contribution in [0, 0.1) is 0 Å². The number of carboxylic acid groups (broad SMARTS) is 1. The summed E-state index contributed by atoms with van der Waals surface area (Å²) in [5.74, 6) is -0.292. The van der Waals surface area contributed by atoms with E-state index in [1.54, 1.807) is 18.2 Å². The third kappa shape index (κ3) is 2.28. The number of nitrogens with zero attached hydrogens (tertiary/aromatic N) is 2. The van der Waals surface area contributed by atoms with Crippen LogP contribution in [0.2, 0.25) is 0 Å². The lowest BCUT2D eigenvalue weighted by atomic mass is 10.3. The third-order valence-corrected chi connectivity index (χ3v) is 3.47. The normalized spacial score (nSPS) is 10.4. The van der Waals surface area contributed by atoms with Crippen LogP contribution in [0.5, 0.6) is 11.5 Å². The van der Waals surface area contributed by atoms with Gasteiger partial charge in [-0.15, -0.1) is 11.3 Å². The summed E-state index contributed by atoms with van der Waals surface area (Å²) in [6, 6.07) is 12.7. The fourth-order valence-corrected chi connectivity index (χ4v) is 2.47. The van der Waals surface area contributed by atoms with Crippen LogP contribution in [-0.2, 0) is 0 Å². The van der Waals surface area contributed by atoms with Crippen LogP contribution in [0.4, 0.5) is 0 Å². The second-order valence-corrected chi connectivity index (χ2v) is 4.87. The Morgan fingerprint density at radius 2 is 2.00 bits per heavy atom. The van der Waals surface area contributed by atoms with Gasteiger partial charge in [0.2, 0.25) is 0 Å². The smallest absolute Gasteiger partial charge is 0.358 e. The predicted molar refractivity (Wildman–Crippen MR) is 74.9 cm³/mol. The van der Waals surface area contributed by atoms with Crippen LogP contribution in [0.3, 0.4) is 0 Å². The third-order valence-electron chi connectivity index (χ3n) is 2.62. The molecule has 0 radical (unpaired) electrons. The molecule has 100 valence electrons. The van der Waals surface area contributed by atoms with Gasteiger partial charge in [0, 0.05) is 0 Å². The number of carboxylic acids is 1. The highest BCUT2D eigenvalue weighted by Gasteiger charge is 2.21. The molecule has 0 saturated carbocycles. The largest absolute Gasteiger partial charge is 0.476 e. The number of hydrogen-bond acceptors (Lipinski definition) is 4. The molecule has 0 atom stereocenters. The van der Waals surface area contributed by atoms with Gasteiger partial charge in [0.15, 0.2) is 11.4 Å². The van der Waals surface area contributed by atoms with E-state index in [1.807, 2.05) is 29.6 Å². The van der Waals surface area contributed by atoms with Gasteiger partial charge in [0.25, 0.3) is 0 Å². The fourth-order valence-electron chi connectivity index (χ4n) is 1.78. The predicted octanol–water partition coefficient (Wildman–Crippen LogP) is 3.42. The molecule has 0 unspecified atom stereocenters. The average Bonchev–Trinajstić information content (AvgIpc) is 3.08. The standard InChI is InChI=1S/C14H10N2O3S/c17-14(18)13-11(19-10-5-2-1-3-6-10)9-15-16(13)12-7-4-8-20-12/h1-9H,(H,17,18). The lowest BCUT2D eigenvalue weighted by Crippen LogP contribution is -2.07. The van der Waals surface area contributed by atoms with Crippen molar-refractivity contribution in [2.45, 2.75) is 0 Å². The van der Waals surface area contributed by atoms with Crippen molar-refractivity contribution >= 4 is 17.3 Å². The number of hydrogen-bond donors (Lipinski definition) is 1. The Hall–Kier alpha value is -2.60. The molecule has 0 spiro atoms. The van der Waals surface area contributed by atoms with E-state index in [0.717, 1.165) is 5.00 Å². The van der Waals surface area contributed by atoms with E-state index >= 15 is 0 Å². The number of thiophene rings is 1. The van der Waals surface area contributed by atoms with Crippen LogP contribution in [-0.4, -0.2) is 20.9 Å². The van der Waals surface area contributed by atoms with E-state index < -0.39 is 5.97 Å². The molecule has 1 aromatic carbocycles. The SMILES string of the molecule is O=C(O)c1c(Oc2ccccc2)cnn1-c1cccs1. The number of aromatic carboxylic acids is 1. The Morgan fingerprint density at radius 1 is 1.20 bits per heavy atom. The Labute approximate surface area is 118 Å². The van der Waals surface area contributed by atoms with Gasteiger partial charge in [-0.2, -0.15) is 5.10 Å². The highest BCUT2D eigenvalue weighted by molar-refractivity contribution is 7.12. The fraction of sp³-hybridized carbons (Fsp3) is 0. The van der Waals surface area contributed by atoms with Gasteiger partial charge in [-0.05, 0) is 29.6 Å². The summed E-state index contributed by atoms with van der Waals surface area (Å²) in [5, 5.41) is 16.1. The minimum Gasteiger partial charge on any atom is -0.476 e. The maximum absolute atomic E-state index is 11.5. The summed E-state index contributed by atoms with van der Waals surface area (Å²) in [7, 11) is 0. The minimum atomic E-state index is -1.08. The molecule has 0 aliphatic rings. The van der Waals surface area contributed by atoms with Crippen molar-refractivity contribution in [3.63, 3.8) is 0 Å². The van der Waals surface area contributed by atoms with Gasteiger partial charge >= 0.3 is 5.97 Å². The van der Waals surface area contributed by atoms with E-state index in [-0.39, 0.29) is 11.4 Å². The first-order valence-corrected chi connectivity index (χ1v) is 6.72. The first-order valence-electron chi connectivity index (χ1n) is 5.84. The summed E-state index contributed by atoms with van der Waals surface area (Å²) in [6.45, 7) is 0. The van der Waals surface area contributed by atoms with E-state index in [9.17, 15) is 9.90 Å². The van der Waals surface area contributed by atoms with Gasteiger partial charge in [-0.1, -0.05) is 18.2 Å². The monoisotopic (exact) mass is 286 g/mol. The van der Waals surface area contributed by atoms with Gasteiger partial charge < -0.3 is 9.84 Å². The molecule has 20 heavy (non-hydrogen) atoms. The van der Waals surface area contributed by atoms with E-state index in [4.69, 9.17) is 4.74 Å². The van der Waals surface area contributed by atoms with E-state index in [1.165, 1.54) is 22.2 Å². The van der Waals surface area contributed by atoms with Crippen molar-refractivity contribution in [1.29, 1.82) is 0 Å². The zero-order chi connectivity index (χ0) is 13.9. The Bertz CT molecular complexity index is 720. The molecular weight excluding hydrogens is 276 g/mol. The molecule has 0 bridgehead atoms. The molecular formula is C14H10N2O3S. The molecule has 0 aliphatic carbocycles. The molecule has 3 rings (SSSR count). The van der Waals surface area contributed by atoms with Crippen molar-refractivity contribution in [1.82, 2.24) is 9.78 Å². The summed E-state index contributed by atoms with van der Waals surface area (Å²) >= 11 is 1.41. The second-order valence-electron chi connectivity index (χ2n) is 3.94. The van der Waals surface area contributed by atoms with Crippen LogP contribution in [0.1, 0.15) is 10.5 Å². The van der Waals surface area contributed by atoms with Crippen molar-refractivity contribution in [2.75, 3.05) is 0 Å². The Kier molecular flexibility index (Phi) is 3.22. The number of aromatic nitrogens is 2. The number of rotatable bonds is 4. The van der Waals surface area contributed by atoms with Crippen molar-refractivity contribution in [3.8, 4) is 16.5 Å².